The van der Waals surface area contributed by atoms with Gasteiger partial charge in [0.1, 0.15) is 6.33 Å². The first-order valence-electron chi connectivity index (χ1n) is 8.48. The van der Waals surface area contributed by atoms with Gasteiger partial charge in [-0.1, -0.05) is 6.92 Å². The molecule has 126 valence electrons. The van der Waals surface area contributed by atoms with Crippen LogP contribution in [0.25, 0.3) is 5.65 Å². The van der Waals surface area contributed by atoms with Crippen LogP contribution in [0.5, 0.6) is 0 Å². The highest BCUT2D eigenvalue weighted by atomic mass is 15.4. The summed E-state index contributed by atoms with van der Waals surface area (Å²) in [6.45, 7) is 5.78. The van der Waals surface area contributed by atoms with Gasteiger partial charge in [0.25, 0.3) is 0 Å². The molecule has 0 atom stereocenters. The second-order valence-electron chi connectivity index (χ2n) is 6.11. The Balaban J connectivity index is 1.54. The van der Waals surface area contributed by atoms with Crippen LogP contribution in [0.3, 0.4) is 0 Å². The lowest BCUT2D eigenvalue weighted by atomic mass is 10.2. The molecule has 0 spiro atoms. The summed E-state index contributed by atoms with van der Waals surface area (Å²) in [7, 11) is 0. The highest BCUT2D eigenvalue weighted by Gasteiger charge is 2.21. The average molecular weight is 333 g/mol. The molecule has 0 amide bonds. The molecule has 2 aromatic heterocycles. The number of nitriles is 1. The van der Waals surface area contributed by atoms with E-state index in [1.165, 1.54) is 0 Å². The summed E-state index contributed by atoms with van der Waals surface area (Å²) in [5.74, 6) is 0. The van der Waals surface area contributed by atoms with E-state index in [4.69, 9.17) is 5.26 Å². The van der Waals surface area contributed by atoms with E-state index in [0.717, 1.165) is 55.3 Å². The molecule has 1 aliphatic rings. The lowest BCUT2D eigenvalue weighted by molar-refractivity contribution is 0.652. The van der Waals surface area contributed by atoms with Crippen LogP contribution >= 0.6 is 0 Å². The fourth-order valence-corrected chi connectivity index (χ4v) is 3.22. The summed E-state index contributed by atoms with van der Waals surface area (Å²) in [5.41, 5.74) is 4.81. The molecule has 4 rings (SSSR count). The average Bonchev–Trinajstić information content (AvgIpc) is 3.16. The normalized spacial score (nSPS) is 14.7. The summed E-state index contributed by atoms with van der Waals surface area (Å²) in [4.78, 5) is 4.70. The van der Waals surface area contributed by atoms with Gasteiger partial charge in [-0.05, 0) is 36.8 Å². The topological polar surface area (TPSA) is 73.3 Å². The van der Waals surface area contributed by atoms with Crippen molar-refractivity contribution in [3.05, 3.63) is 47.9 Å². The molecule has 25 heavy (non-hydrogen) atoms. The molecule has 0 aliphatic carbocycles. The van der Waals surface area contributed by atoms with Crippen LogP contribution in [0.2, 0.25) is 0 Å². The van der Waals surface area contributed by atoms with Gasteiger partial charge >= 0.3 is 0 Å². The highest BCUT2D eigenvalue weighted by Crippen LogP contribution is 2.24. The number of piperazine rings is 1. The van der Waals surface area contributed by atoms with Crippen LogP contribution in [-0.2, 0) is 6.42 Å². The van der Waals surface area contributed by atoms with Crippen LogP contribution < -0.4 is 9.80 Å². The number of rotatable bonds is 3. The van der Waals surface area contributed by atoms with Crippen molar-refractivity contribution in [1.29, 1.82) is 5.26 Å². The Bertz CT molecular complexity index is 915. The number of aromatic nitrogens is 4. The molecule has 1 fully saturated rings. The van der Waals surface area contributed by atoms with Crippen molar-refractivity contribution < 1.29 is 0 Å². The van der Waals surface area contributed by atoms with E-state index in [1.54, 1.807) is 10.8 Å². The van der Waals surface area contributed by atoms with E-state index < -0.39 is 0 Å². The Morgan fingerprint density at radius 2 is 1.80 bits per heavy atom. The minimum atomic E-state index is 0.695. The van der Waals surface area contributed by atoms with Gasteiger partial charge in [0.05, 0.1) is 23.0 Å². The summed E-state index contributed by atoms with van der Waals surface area (Å²) in [6.07, 6.45) is 2.54. The zero-order valence-electron chi connectivity index (χ0n) is 14.1. The van der Waals surface area contributed by atoms with Crippen LogP contribution in [0.15, 0.2) is 36.7 Å². The molecule has 7 heteroatoms. The first-order valence-corrected chi connectivity index (χ1v) is 8.48. The first kappa shape index (κ1) is 15.4. The van der Waals surface area contributed by atoms with Crippen molar-refractivity contribution in [3.63, 3.8) is 0 Å². The van der Waals surface area contributed by atoms with Crippen molar-refractivity contribution in [3.8, 4) is 6.07 Å². The van der Waals surface area contributed by atoms with E-state index in [-0.39, 0.29) is 0 Å². The highest BCUT2D eigenvalue weighted by molar-refractivity contribution is 5.69. The fourth-order valence-electron chi connectivity index (χ4n) is 3.22. The van der Waals surface area contributed by atoms with Crippen molar-refractivity contribution in [1.82, 2.24) is 19.8 Å². The number of hydrogen-bond acceptors (Lipinski definition) is 6. The van der Waals surface area contributed by atoms with Gasteiger partial charge in [0.15, 0.2) is 0 Å². The van der Waals surface area contributed by atoms with E-state index >= 15 is 0 Å². The molecule has 0 saturated carbocycles. The minimum Gasteiger partial charge on any atom is -0.368 e. The molecule has 1 saturated heterocycles. The maximum absolute atomic E-state index is 8.92. The Morgan fingerprint density at radius 1 is 1.08 bits per heavy atom. The maximum atomic E-state index is 8.92. The summed E-state index contributed by atoms with van der Waals surface area (Å²) in [5, 5.41) is 21.7. The van der Waals surface area contributed by atoms with Gasteiger partial charge in [-0.25, -0.2) is 0 Å². The summed E-state index contributed by atoms with van der Waals surface area (Å²) in [6, 6.07) is 12.1. The van der Waals surface area contributed by atoms with Crippen molar-refractivity contribution in [2.24, 2.45) is 0 Å². The molecule has 3 heterocycles. The molecule has 0 unspecified atom stereocenters. The molecule has 3 aromatic rings. The van der Waals surface area contributed by atoms with Gasteiger partial charge in [0, 0.05) is 31.9 Å². The molecule has 1 aromatic carbocycles. The second kappa shape index (κ2) is 6.40. The SMILES string of the molecule is CCc1cc(N2CCN(c3ccc(C#N)cc3)CC2)c2nncn2n1. The third kappa shape index (κ3) is 2.87. The van der Waals surface area contributed by atoms with Crippen LogP contribution in [0.1, 0.15) is 18.2 Å². The van der Waals surface area contributed by atoms with E-state index in [0.29, 0.717) is 5.56 Å². The standard InChI is InChI=1S/C18H19N7/c1-2-15-11-17(18-21-20-13-25(18)22-15)24-9-7-23(8-10-24)16-5-3-14(12-19)4-6-16/h3-6,11,13H,2,7-10H2,1H3. The monoisotopic (exact) mass is 333 g/mol. The van der Waals surface area contributed by atoms with Gasteiger partial charge in [0.2, 0.25) is 5.65 Å². The van der Waals surface area contributed by atoms with Crippen molar-refractivity contribution in [2.75, 3.05) is 36.0 Å². The summed E-state index contributed by atoms with van der Waals surface area (Å²) < 4.78 is 1.77. The Hall–Kier alpha value is -3.14. The lowest BCUT2D eigenvalue weighted by Gasteiger charge is -2.37. The second-order valence-corrected chi connectivity index (χ2v) is 6.11. The van der Waals surface area contributed by atoms with Crippen molar-refractivity contribution in [2.45, 2.75) is 13.3 Å². The minimum absolute atomic E-state index is 0.695. The Labute approximate surface area is 146 Å². The van der Waals surface area contributed by atoms with Gasteiger partial charge in [-0.15, -0.1) is 10.2 Å². The number of aryl methyl sites for hydroxylation is 1. The first-order chi connectivity index (χ1) is 12.3. The van der Waals surface area contributed by atoms with Crippen LogP contribution in [0, 0.1) is 11.3 Å². The maximum Gasteiger partial charge on any atom is 0.200 e. The fraction of sp³-hybridized carbons (Fsp3) is 0.333. The zero-order chi connectivity index (χ0) is 17.2. The van der Waals surface area contributed by atoms with Crippen LogP contribution in [0.4, 0.5) is 11.4 Å². The van der Waals surface area contributed by atoms with Crippen LogP contribution in [-0.4, -0.2) is 46.0 Å². The molecule has 7 nitrogen and oxygen atoms in total. The quantitative estimate of drug-likeness (QED) is 0.729. The Kier molecular flexibility index (Phi) is 3.94. The number of benzene rings is 1. The van der Waals surface area contributed by atoms with Gasteiger partial charge < -0.3 is 9.80 Å². The number of fused-ring (bicyclic) bond motifs is 1. The van der Waals surface area contributed by atoms with E-state index in [2.05, 4.69) is 44.2 Å². The predicted molar refractivity (Wildman–Crippen MR) is 95.7 cm³/mol. The number of anilines is 2. The largest absolute Gasteiger partial charge is 0.368 e. The number of nitrogens with zero attached hydrogens (tertiary/aromatic N) is 7. The Morgan fingerprint density at radius 3 is 2.48 bits per heavy atom. The smallest absolute Gasteiger partial charge is 0.200 e. The third-order valence-electron chi connectivity index (χ3n) is 4.64. The molecule has 0 N–H and O–H groups in total. The molecular formula is C18H19N7. The molecule has 1 aliphatic heterocycles. The molecule has 0 radical (unpaired) electrons. The van der Waals surface area contributed by atoms with Crippen molar-refractivity contribution >= 4 is 17.0 Å². The van der Waals surface area contributed by atoms with E-state index in [9.17, 15) is 0 Å². The lowest BCUT2D eigenvalue weighted by Crippen LogP contribution is -2.46. The van der Waals surface area contributed by atoms with Gasteiger partial charge in [-0.3, -0.25) is 0 Å². The zero-order valence-corrected chi connectivity index (χ0v) is 14.1. The summed E-state index contributed by atoms with van der Waals surface area (Å²) >= 11 is 0. The van der Waals surface area contributed by atoms with E-state index in [1.807, 2.05) is 24.3 Å². The van der Waals surface area contributed by atoms with Gasteiger partial charge in [-0.2, -0.15) is 14.9 Å². The molecule has 0 bridgehead atoms. The predicted octanol–water partition coefficient (Wildman–Crippen LogP) is 1.88. The third-order valence-corrected chi connectivity index (χ3v) is 4.64. The molecular weight excluding hydrogens is 314 g/mol. The number of hydrogen-bond donors (Lipinski definition) is 0.